The molecule has 0 radical (unpaired) electrons. The van der Waals surface area contributed by atoms with E-state index >= 15 is 0 Å². The van der Waals surface area contributed by atoms with Crippen LogP contribution < -0.4 is 4.74 Å². The average Bonchev–Trinajstić information content (AvgIpc) is 2.97. The second-order valence-corrected chi connectivity index (χ2v) is 6.09. The summed E-state index contributed by atoms with van der Waals surface area (Å²) < 4.78 is 5.87. The van der Waals surface area contributed by atoms with Gasteiger partial charge in [0.1, 0.15) is 11.5 Å². The predicted octanol–water partition coefficient (Wildman–Crippen LogP) is 4.09. The lowest BCUT2D eigenvalue weighted by Gasteiger charge is -2.22. The Bertz CT molecular complexity index is 615. The minimum atomic E-state index is 0.237. The van der Waals surface area contributed by atoms with E-state index < -0.39 is 0 Å². The van der Waals surface area contributed by atoms with Crippen LogP contribution in [0.2, 0.25) is 5.02 Å². The molecule has 4 heteroatoms. The maximum absolute atomic E-state index is 9.41. The Labute approximate surface area is 136 Å². The van der Waals surface area contributed by atoms with Gasteiger partial charge in [-0.2, -0.15) is 0 Å². The number of benzene rings is 2. The molecule has 1 atom stereocenters. The van der Waals surface area contributed by atoms with E-state index in [9.17, 15) is 5.11 Å². The first-order chi connectivity index (χ1) is 10.7. The first kappa shape index (κ1) is 15.3. The molecule has 1 unspecified atom stereocenters. The fourth-order valence-electron chi connectivity index (χ4n) is 2.89. The van der Waals surface area contributed by atoms with Crippen LogP contribution in [0.1, 0.15) is 18.4 Å². The van der Waals surface area contributed by atoms with E-state index in [1.165, 1.54) is 5.56 Å². The molecular weight excluding hydrogens is 298 g/mol. The number of rotatable bonds is 5. The third kappa shape index (κ3) is 3.80. The van der Waals surface area contributed by atoms with E-state index in [-0.39, 0.29) is 6.61 Å². The van der Waals surface area contributed by atoms with Gasteiger partial charge >= 0.3 is 0 Å². The lowest BCUT2D eigenvalue weighted by Crippen LogP contribution is -2.31. The SMILES string of the molecule is OCC1CCCN1Cc1cccc(Oc2ccc(Cl)cc2)c1. The summed E-state index contributed by atoms with van der Waals surface area (Å²) in [7, 11) is 0. The number of hydrogen-bond acceptors (Lipinski definition) is 3. The van der Waals surface area contributed by atoms with Gasteiger partial charge in [0.2, 0.25) is 0 Å². The summed E-state index contributed by atoms with van der Waals surface area (Å²) in [6.45, 7) is 2.14. The Balaban J connectivity index is 1.68. The van der Waals surface area contributed by atoms with Gasteiger partial charge in [0, 0.05) is 17.6 Å². The molecule has 0 aromatic heterocycles. The monoisotopic (exact) mass is 317 g/mol. The smallest absolute Gasteiger partial charge is 0.127 e. The van der Waals surface area contributed by atoms with Gasteiger partial charge in [-0.25, -0.2) is 0 Å². The first-order valence-electron chi connectivity index (χ1n) is 7.62. The van der Waals surface area contributed by atoms with E-state index in [1.54, 1.807) is 0 Å². The highest BCUT2D eigenvalue weighted by Gasteiger charge is 2.23. The zero-order valence-electron chi connectivity index (χ0n) is 12.4. The minimum absolute atomic E-state index is 0.237. The second kappa shape index (κ2) is 7.14. The number of likely N-dealkylation sites (tertiary alicyclic amines) is 1. The van der Waals surface area contributed by atoms with Gasteiger partial charge < -0.3 is 9.84 Å². The molecule has 1 saturated heterocycles. The number of ether oxygens (including phenoxy) is 1. The van der Waals surface area contributed by atoms with Crippen molar-refractivity contribution in [1.29, 1.82) is 0 Å². The summed E-state index contributed by atoms with van der Waals surface area (Å²) >= 11 is 5.88. The lowest BCUT2D eigenvalue weighted by atomic mass is 10.2. The summed E-state index contributed by atoms with van der Waals surface area (Å²) in [5.74, 6) is 1.59. The van der Waals surface area contributed by atoms with Crippen molar-refractivity contribution in [3.05, 3.63) is 59.1 Å². The Kier molecular flexibility index (Phi) is 4.98. The molecule has 1 fully saturated rings. The molecule has 1 aliphatic rings. The highest BCUT2D eigenvalue weighted by atomic mass is 35.5. The molecule has 2 aromatic rings. The van der Waals surface area contributed by atoms with Crippen LogP contribution in [0.5, 0.6) is 11.5 Å². The molecule has 0 saturated carbocycles. The topological polar surface area (TPSA) is 32.7 Å². The van der Waals surface area contributed by atoms with Crippen molar-refractivity contribution in [3.63, 3.8) is 0 Å². The number of halogens is 1. The average molecular weight is 318 g/mol. The highest BCUT2D eigenvalue weighted by Crippen LogP contribution is 2.25. The van der Waals surface area contributed by atoms with Crippen LogP contribution in [0.15, 0.2) is 48.5 Å². The Hall–Kier alpha value is -1.55. The fourth-order valence-corrected chi connectivity index (χ4v) is 3.02. The summed E-state index contributed by atoms with van der Waals surface area (Å²) in [6.07, 6.45) is 2.24. The molecule has 3 rings (SSSR count). The molecule has 3 nitrogen and oxygen atoms in total. The van der Waals surface area contributed by atoms with Gasteiger partial charge in [-0.1, -0.05) is 23.7 Å². The molecule has 2 aromatic carbocycles. The molecule has 116 valence electrons. The lowest BCUT2D eigenvalue weighted by molar-refractivity contribution is 0.153. The number of aliphatic hydroxyl groups is 1. The molecule has 0 amide bonds. The van der Waals surface area contributed by atoms with Crippen molar-refractivity contribution in [3.8, 4) is 11.5 Å². The van der Waals surface area contributed by atoms with Crippen molar-refractivity contribution in [1.82, 2.24) is 4.90 Å². The van der Waals surface area contributed by atoms with Crippen LogP contribution in [0.4, 0.5) is 0 Å². The zero-order valence-corrected chi connectivity index (χ0v) is 13.2. The largest absolute Gasteiger partial charge is 0.457 e. The van der Waals surface area contributed by atoms with Gasteiger partial charge in [-0.05, 0) is 61.3 Å². The fraction of sp³-hybridized carbons (Fsp3) is 0.333. The standard InChI is InChI=1S/C18H20ClNO2/c19-15-6-8-17(9-7-15)22-18-5-1-3-14(11-18)12-20-10-2-4-16(20)13-21/h1,3,5-9,11,16,21H,2,4,10,12-13H2. The number of hydrogen-bond donors (Lipinski definition) is 1. The number of aliphatic hydroxyl groups excluding tert-OH is 1. The maximum Gasteiger partial charge on any atom is 0.127 e. The quantitative estimate of drug-likeness (QED) is 0.901. The Morgan fingerprint density at radius 1 is 1.14 bits per heavy atom. The summed E-state index contributed by atoms with van der Waals surface area (Å²) in [6, 6.07) is 15.8. The third-order valence-electron chi connectivity index (χ3n) is 4.04. The van der Waals surface area contributed by atoms with Crippen LogP contribution in [-0.2, 0) is 6.54 Å². The van der Waals surface area contributed by atoms with Gasteiger partial charge in [0.25, 0.3) is 0 Å². The van der Waals surface area contributed by atoms with Crippen molar-refractivity contribution in [2.45, 2.75) is 25.4 Å². The Morgan fingerprint density at radius 2 is 1.95 bits per heavy atom. The molecule has 0 spiro atoms. The normalized spacial score (nSPS) is 18.5. The van der Waals surface area contributed by atoms with Crippen LogP contribution >= 0.6 is 11.6 Å². The van der Waals surface area contributed by atoms with Gasteiger partial charge in [0.05, 0.1) is 6.61 Å². The van der Waals surface area contributed by atoms with Gasteiger partial charge in [-0.3, -0.25) is 4.90 Å². The third-order valence-corrected chi connectivity index (χ3v) is 4.30. The van der Waals surface area contributed by atoms with Crippen molar-refractivity contribution in [2.75, 3.05) is 13.2 Å². The zero-order chi connectivity index (χ0) is 15.4. The van der Waals surface area contributed by atoms with Crippen LogP contribution in [-0.4, -0.2) is 29.2 Å². The van der Waals surface area contributed by atoms with E-state index in [2.05, 4.69) is 17.0 Å². The second-order valence-electron chi connectivity index (χ2n) is 5.65. The van der Waals surface area contributed by atoms with Gasteiger partial charge in [0.15, 0.2) is 0 Å². The van der Waals surface area contributed by atoms with E-state index in [0.29, 0.717) is 11.1 Å². The molecule has 1 N–H and O–H groups in total. The molecule has 1 heterocycles. The minimum Gasteiger partial charge on any atom is -0.457 e. The van der Waals surface area contributed by atoms with E-state index in [4.69, 9.17) is 16.3 Å². The predicted molar refractivity (Wildman–Crippen MR) is 88.5 cm³/mol. The molecular formula is C18H20ClNO2. The Morgan fingerprint density at radius 3 is 2.73 bits per heavy atom. The highest BCUT2D eigenvalue weighted by molar-refractivity contribution is 6.30. The summed E-state index contributed by atoms with van der Waals surface area (Å²) in [4.78, 5) is 2.33. The van der Waals surface area contributed by atoms with Crippen molar-refractivity contribution in [2.24, 2.45) is 0 Å². The van der Waals surface area contributed by atoms with E-state index in [1.807, 2.05) is 36.4 Å². The van der Waals surface area contributed by atoms with E-state index in [0.717, 1.165) is 37.4 Å². The first-order valence-corrected chi connectivity index (χ1v) is 7.99. The van der Waals surface area contributed by atoms with Gasteiger partial charge in [-0.15, -0.1) is 0 Å². The molecule has 1 aliphatic heterocycles. The van der Waals surface area contributed by atoms with Crippen molar-refractivity contribution >= 4 is 11.6 Å². The van der Waals surface area contributed by atoms with Crippen molar-refractivity contribution < 1.29 is 9.84 Å². The molecule has 0 bridgehead atoms. The maximum atomic E-state index is 9.41. The van der Waals surface area contributed by atoms with Crippen LogP contribution in [0, 0.1) is 0 Å². The van der Waals surface area contributed by atoms with Crippen LogP contribution in [0.3, 0.4) is 0 Å². The number of nitrogens with zero attached hydrogens (tertiary/aromatic N) is 1. The van der Waals surface area contributed by atoms with Crippen LogP contribution in [0.25, 0.3) is 0 Å². The summed E-state index contributed by atoms with van der Waals surface area (Å²) in [5, 5.41) is 10.1. The summed E-state index contributed by atoms with van der Waals surface area (Å²) in [5.41, 5.74) is 1.20. The molecule has 22 heavy (non-hydrogen) atoms. The molecule has 0 aliphatic carbocycles.